The van der Waals surface area contributed by atoms with E-state index in [1.54, 1.807) is 6.08 Å². The van der Waals surface area contributed by atoms with Crippen LogP contribution in [0.15, 0.2) is 75.8 Å². The molecule has 2 aliphatic rings. The number of carboxylic acids is 1. The van der Waals surface area contributed by atoms with Crippen LogP contribution in [0.4, 0.5) is 0 Å². The monoisotopic (exact) mass is 583 g/mol. The zero-order valence-electron chi connectivity index (χ0n) is 22.6. The molecule has 212 valence electrons. The van der Waals surface area contributed by atoms with Gasteiger partial charge in [-0.1, -0.05) is 36.4 Å². The number of β-lactam (4-membered cyclic amide) rings is 1. The minimum atomic E-state index is -1.15. The van der Waals surface area contributed by atoms with Gasteiger partial charge < -0.3 is 26.4 Å². The van der Waals surface area contributed by atoms with Gasteiger partial charge in [0.05, 0.1) is 32.9 Å². The molecule has 2 aromatic carbocycles. The van der Waals surface area contributed by atoms with Crippen molar-refractivity contribution in [1.29, 1.82) is 0 Å². The van der Waals surface area contributed by atoms with Crippen molar-refractivity contribution in [2.24, 2.45) is 16.5 Å². The minimum Gasteiger partial charge on any atom is -0.477 e. The fraction of sp³-hybridized carbons (Fsp3) is 0.357. The highest BCUT2D eigenvalue weighted by Gasteiger charge is 2.53. The average molecular weight is 584 g/mol. The highest BCUT2D eigenvalue weighted by molar-refractivity contribution is 8.00. The maximum absolute atomic E-state index is 13.0. The first-order valence-corrected chi connectivity index (χ1v) is 15.0. The summed E-state index contributed by atoms with van der Waals surface area (Å²) in [7, 11) is 4.14. The fourth-order valence-corrected chi connectivity index (χ4v) is 6.74. The van der Waals surface area contributed by atoms with E-state index in [4.69, 9.17) is 11.5 Å². The Balaban J connectivity index is 1.33. The Kier molecular flexibility index (Phi) is 9.44. The van der Waals surface area contributed by atoms with Gasteiger partial charge in [0.25, 0.3) is 5.91 Å². The Morgan fingerprint density at radius 3 is 2.70 bits per heavy atom. The highest BCUT2D eigenvalue weighted by atomic mass is 32.2. The Bertz CT molecular complexity index is 1390. The van der Waals surface area contributed by atoms with Gasteiger partial charge in [0.2, 0.25) is 5.91 Å². The van der Waals surface area contributed by atoms with Crippen molar-refractivity contribution in [3.8, 4) is 0 Å². The van der Waals surface area contributed by atoms with Crippen molar-refractivity contribution >= 4 is 58.0 Å². The lowest BCUT2D eigenvalue weighted by molar-refractivity contribution is -0.884. The summed E-state index contributed by atoms with van der Waals surface area (Å²) in [6, 6.07) is 13.3. The summed E-state index contributed by atoms with van der Waals surface area (Å²) < 4.78 is 0.677. The highest BCUT2D eigenvalue weighted by Crippen LogP contribution is 2.40. The summed E-state index contributed by atoms with van der Waals surface area (Å²) in [4.78, 5) is 44.1. The van der Waals surface area contributed by atoms with E-state index in [0.29, 0.717) is 28.9 Å². The van der Waals surface area contributed by atoms with Crippen LogP contribution in [0.1, 0.15) is 6.42 Å². The number of benzene rings is 2. The summed E-state index contributed by atoms with van der Waals surface area (Å²) in [6.45, 7) is 2.07. The molecule has 0 saturated carbocycles. The first-order chi connectivity index (χ1) is 19.1. The summed E-state index contributed by atoms with van der Waals surface area (Å²) >= 11 is 2.86. The van der Waals surface area contributed by atoms with Gasteiger partial charge in [-0.3, -0.25) is 19.5 Å². The van der Waals surface area contributed by atoms with Crippen molar-refractivity contribution in [1.82, 2.24) is 10.2 Å². The van der Waals surface area contributed by atoms with Crippen LogP contribution in [0.5, 0.6) is 0 Å². The smallest absolute Gasteiger partial charge is 0.352 e. The van der Waals surface area contributed by atoms with Gasteiger partial charge in [-0.05, 0) is 34.6 Å². The molecule has 0 bridgehead atoms. The first-order valence-electron chi connectivity index (χ1n) is 12.9. The van der Waals surface area contributed by atoms with E-state index < -0.39 is 23.3 Å². The number of nitrogens with zero attached hydrogens (tertiary/aromatic N) is 3. The zero-order valence-corrected chi connectivity index (χ0v) is 24.2. The third-order valence-electron chi connectivity index (χ3n) is 6.74. The van der Waals surface area contributed by atoms with Crippen molar-refractivity contribution in [2.45, 2.75) is 22.7 Å². The number of fused-ring (bicyclic) bond motifs is 2. The number of nitrogens with two attached hydrogens (primary N) is 2. The standard InChI is InChI=1S/C28H34N6O4S2/c1-34(2,14-6-12-31-28(29)30)13-5-9-20-16-40-26-23(25(36)33(26)24(20)27(37)38)32-22(35)17-39-21-11-10-18-7-3-4-8-19(18)15-21/h3-5,7-11,15,23,26H,6,12-14,16-17H2,1-2H3,(H5-,29,30,31,32,35,37,38)/p+1/b9-5+/t23-,26-/m1/s1. The number of nitrogens with one attached hydrogen (secondary N) is 1. The molecule has 4 rings (SSSR count). The minimum absolute atomic E-state index is 0.0147. The van der Waals surface area contributed by atoms with Gasteiger partial charge in [0, 0.05) is 23.6 Å². The van der Waals surface area contributed by atoms with E-state index in [2.05, 4.69) is 24.4 Å². The predicted molar refractivity (Wildman–Crippen MR) is 161 cm³/mol. The van der Waals surface area contributed by atoms with E-state index in [1.807, 2.05) is 48.5 Å². The van der Waals surface area contributed by atoms with Crippen molar-refractivity contribution in [2.75, 3.05) is 45.2 Å². The van der Waals surface area contributed by atoms with Crippen LogP contribution in [0.2, 0.25) is 0 Å². The van der Waals surface area contributed by atoms with E-state index in [0.717, 1.165) is 28.6 Å². The molecule has 2 aliphatic heterocycles. The Hall–Kier alpha value is -3.48. The molecule has 1 saturated heterocycles. The number of hydrogen-bond donors (Lipinski definition) is 4. The van der Waals surface area contributed by atoms with Crippen LogP contribution in [0.25, 0.3) is 10.8 Å². The molecule has 2 atom stereocenters. The molecule has 40 heavy (non-hydrogen) atoms. The maximum Gasteiger partial charge on any atom is 0.352 e. The molecule has 0 aromatic heterocycles. The number of hydrogen-bond acceptors (Lipinski definition) is 6. The lowest BCUT2D eigenvalue weighted by Crippen LogP contribution is -2.70. The third-order valence-corrected chi connectivity index (χ3v) is 9.04. The normalized spacial score (nSPS) is 18.9. The molecule has 2 amide bonds. The van der Waals surface area contributed by atoms with Gasteiger partial charge in [-0.15, -0.1) is 23.5 Å². The Morgan fingerprint density at radius 1 is 1.23 bits per heavy atom. The maximum atomic E-state index is 13.0. The summed E-state index contributed by atoms with van der Waals surface area (Å²) in [5.41, 5.74) is 11.3. The number of allylic oxidation sites excluding steroid dienone is 1. The van der Waals surface area contributed by atoms with Crippen LogP contribution in [0.3, 0.4) is 0 Å². The number of amides is 2. The lowest BCUT2D eigenvalue weighted by Gasteiger charge is -2.49. The zero-order chi connectivity index (χ0) is 28.9. The molecule has 2 aromatic rings. The molecule has 1 fully saturated rings. The molecule has 12 heteroatoms. The van der Waals surface area contributed by atoms with Crippen LogP contribution in [-0.4, -0.2) is 94.9 Å². The Labute approximate surface area is 242 Å². The molecular weight excluding hydrogens is 548 g/mol. The number of carboxylic acid groups (broad SMARTS) is 1. The molecule has 0 aliphatic carbocycles. The SMILES string of the molecule is C[N+](C)(C/C=C/C1=C(C(=O)O)N2C(=O)[C@@H](NC(=O)CSc3ccc4ccccc4c3)[C@H]2SC1)CCCN=C(N)N. The van der Waals surface area contributed by atoms with E-state index >= 15 is 0 Å². The number of guanidine groups is 1. The topological polar surface area (TPSA) is 151 Å². The molecule has 2 heterocycles. The van der Waals surface area contributed by atoms with Crippen LogP contribution in [0, 0.1) is 0 Å². The second-order valence-corrected chi connectivity index (χ2v) is 12.5. The summed E-state index contributed by atoms with van der Waals surface area (Å²) in [6.07, 6.45) is 4.55. The molecule has 0 radical (unpaired) electrons. The van der Waals surface area contributed by atoms with Gasteiger partial charge in [-0.25, -0.2) is 4.79 Å². The van der Waals surface area contributed by atoms with E-state index in [9.17, 15) is 19.5 Å². The number of rotatable bonds is 12. The molecule has 10 nitrogen and oxygen atoms in total. The number of aliphatic imine (C=N–C) groups is 1. The lowest BCUT2D eigenvalue weighted by atomic mass is 10.0. The molecular formula is C28H35N6O4S2+. The van der Waals surface area contributed by atoms with Gasteiger partial charge >= 0.3 is 5.97 Å². The number of thioether (sulfide) groups is 2. The third kappa shape index (κ3) is 7.18. The Morgan fingerprint density at radius 2 is 1.98 bits per heavy atom. The predicted octanol–water partition coefficient (Wildman–Crippen LogP) is 1.97. The van der Waals surface area contributed by atoms with Gasteiger partial charge in [0.1, 0.15) is 17.1 Å². The fourth-order valence-electron chi connectivity index (χ4n) is 4.67. The van der Waals surface area contributed by atoms with E-state index in [1.165, 1.54) is 28.4 Å². The number of quaternary nitrogens is 1. The molecule has 0 spiro atoms. The van der Waals surface area contributed by atoms with Crippen molar-refractivity contribution < 1.29 is 24.0 Å². The van der Waals surface area contributed by atoms with Crippen molar-refractivity contribution in [3.05, 3.63) is 65.9 Å². The van der Waals surface area contributed by atoms with Crippen LogP contribution >= 0.6 is 23.5 Å². The van der Waals surface area contributed by atoms with Gasteiger partial charge in [-0.2, -0.15) is 0 Å². The van der Waals surface area contributed by atoms with Crippen molar-refractivity contribution in [3.63, 3.8) is 0 Å². The summed E-state index contributed by atoms with van der Waals surface area (Å²) in [5, 5.41) is 14.5. The second kappa shape index (κ2) is 12.8. The van der Waals surface area contributed by atoms with Gasteiger partial charge in [0.15, 0.2) is 5.96 Å². The number of likely N-dealkylation sites (N-methyl/N-ethyl adjacent to an activating group) is 1. The first kappa shape index (κ1) is 29.5. The molecule has 6 N–H and O–H groups in total. The average Bonchev–Trinajstić information content (AvgIpc) is 2.92. The molecule has 0 unspecified atom stereocenters. The quantitative estimate of drug-likeness (QED) is 0.0740. The number of aliphatic carboxylic acids is 1. The summed E-state index contributed by atoms with van der Waals surface area (Å²) in [5.74, 6) is -1.14. The number of carbonyl (C=O) groups is 3. The second-order valence-electron chi connectivity index (χ2n) is 10.3. The largest absolute Gasteiger partial charge is 0.477 e. The van der Waals surface area contributed by atoms with Crippen LogP contribution in [-0.2, 0) is 14.4 Å². The van der Waals surface area contributed by atoms with E-state index in [-0.39, 0.29) is 23.3 Å². The number of carbonyl (C=O) groups excluding carboxylic acids is 2. The van der Waals surface area contributed by atoms with Crippen LogP contribution < -0.4 is 16.8 Å².